The summed E-state index contributed by atoms with van der Waals surface area (Å²) >= 11 is 0. The third kappa shape index (κ3) is 3.47. The van der Waals surface area contributed by atoms with E-state index in [0.29, 0.717) is 6.54 Å². The number of aromatic nitrogens is 2. The van der Waals surface area contributed by atoms with Crippen molar-refractivity contribution in [3.05, 3.63) is 28.2 Å². The van der Waals surface area contributed by atoms with Crippen molar-refractivity contribution in [2.75, 3.05) is 13.6 Å². The molecule has 3 N–H and O–H groups in total. The second kappa shape index (κ2) is 5.41. The minimum Gasteiger partial charge on any atom is -0.340 e. The van der Waals surface area contributed by atoms with E-state index in [1.165, 1.54) is 17.0 Å². The quantitative estimate of drug-likeness (QED) is 0.726. The lowest BCUT2D eigenvalue weighted by Crippen LogP contribution is -2.32. The number of aromatic amines is 1. The molecule has 16 heavy (non-hydrogen) atoms. The molecule has 6 heteroatoms. The number of carbonyl (C=O) groups excluding carboxylic acids is 1. The first kappa shape index (κ1) is 12.4. The molecule has 1 aromatic heterocycles. The Morgan fingerprint density at radius 1 is 1.62 bits per heavy atom. The van der Waals surface area contributed by atoms with Crippen molar-refractivity contribution in [1.82, 2.24) is 15.1 Å². The Kier molecular flexibility index (Phi) is 4.19. The van der Waals surface area contributed by atoms with Crippen molar-refractivity contribution in [2.24, 2.45) is 5.73 Å². The first-order valence-electron chi connectivity index (χ1n) is 5.07. The van der Waals surface area contributed by atoms with Crippen LogP contribution in [-0.4, -0.2) is 40.6 Å². The van der Waals surface area contributed by atoms with Crippen LogP contribution in [0.25, 0.3) is 0 Å². The predicted octanol–water partition coefficient (Wildman–Crippen LogP) is -0.421. The number of carbonyl (C=O) groups is 1. The van der Waals surface area contributed by atoms with Gasteiger partial charge in [0.25, 0.3) is 11.5 Å². The second-order valence-corrected chi connectivity index (χ2v) is 3.80. The van der Waals surface area contributed by atoms with Crippen LogP contribution in [-0.2, 0) is 0 Å². The van der Waals surface area contributed by atoms with Crippen LogP contribution in [0.15, 0.2) is 16.9 Å². The average Bonchev–Trinajstić information content (AvgIpc) is 2.26. The zero-order valence-electron chi connectivity index (χ0n) is 9.43. The van der Waals surface area contributed by atoms with E-state index < -0.39 is 0 Å². The van der Waals surface area contributed by atoms with Crippen molar-refractivity contribution in [3.63, 3.8) is 0 Å². The molecule has 1 aromatic rings. The smallest absolute Gasteiger partial charge is 0.274 e. The van der Waals surface area contributed by atoms with Crippen LogP contribution < -0.4 is 11.3 Å². The van der Waals surface area contributed by atoms with E-state index in [0.717, 1.165) is 6.42 Å². The van der Waals surface area contributed by atoms with Gasteiger partial charge >= 0.3 is 0 Å². The van der Waals surface area contributed by atoms with Crippen LogP contribution >= 0.6 is 0 Å². The summed E-state index contributed by atoms with van der Waals surface area (Å²) in [5, 5.41) is 5.89. The first-order valence-corrected chi connectivity index (χ1v) is 5.07. The number of nitrogens with zero attached hydrogens (tertiary/aromatic N) is 2. The fourth-order valence-electron chi connectivity index (χ4n) is 1.16. The van der Waals surface area contributed by atoms with E-state index in [4.69, 9.17) is 5.73 Å². The molecule has 1 amide bonds. The number of nitrogens with one attached hydrogen (secondary N) is 1. The Balaban J connectivity index is 2.63. The van der Waals surface area contributed by atoms with Crippen molar-refractivity contribution < 1.29 is 4.79 Å². The summed E-state index contributed by atoms with van der Waals surface area (Å²) in [6, 6.07) is 2.74. The maximum atomic E-state index is 11.8. The summed E-state index contributed by atoms with van der Waals surface area (Å²) in [7, 11) is 1.68. The van der Waals surface area contributed by atoms with Crippen LogP contribution in [0, 0.1) is 0 Å². The highest BCUT2D eigenvalue weighted by Gasteiger charge is 2.13. The fourth-order valence-corrected chi connectivity index (χ4v) is 1.16. The highest BCUT2D eigenvalue weighted by molar-refractivity contribution is 5.91. The van der Waals surface area contributed by atoms with Gasteiger partial charge in [-0.1, -0.05) is 0 Å². The molecule has 0 saturated carbocycles. The number of nitrogens with two attached hydrogens (primary N) is 1. The van der Waals surface area contributed by atoms with Gasteiger partial charge in [-0.25, -0.2) is 5.10 Å². The SMILES string of the molecule is CC(N)CCN(C)C(=O)c1ccc(=O)[nH]n1. The molecule has 0 saturated heterocycles. The maximum absolute atomic E-state index is 11.8. The molecule has 0 bridgehead atoms. The maximum Gasteiger partial charge on any atom is 0.274 e. The molecule has 1 atom stereocenters. The minimum absolute atomic E-state index is 0.0544. The van der Waals surface area contributed by atoms with Gasteiger partial charge in [0.2, 0.25) is 0 Å². The van der Waals surface area contributed by atoms with Gasteiger partial charge in [-0.3, -0.25) is 9.59 Å². The van der Waals surface area contributed by atoms with Crippen LogP contribution in [0.3, 0.4) is 0 Å². The lowest BCUT2D eigenvalue weighted by Gasteiger charge is -2.17. The summed E-state index contributed by atoms with van der Waals surface area (Å²) < 4.78 is 0. The van der Waals surface area contributed by atoms with Gasteiger partial charge in [-0.15, -0.1) is 0 Å². The Bertz CT molecular complexity index is 393. The highest BCUT2D eigenvalue weighted by atomic mass is 16.2. The van der Waals surface area contributed by atoms with Gasteiger partial charge in [-0.2, -0.15) is 5.10 Å². The molecule has 88 valence electrons. The van der Waals surface area contributed by atoms with Gasteiger partial charge in [0, 0.05) is 25.7 Å². The molecule has 0 fully saturated rings. The third-order valence-corrected chi connectivity index (χ3v) is 2.16. The number of hydrogen-bond donors (Lipinski definition) is 2. The number of amides is 1. The number of H-pyrrole nitrogens is 1. The predicted molar refractivity (Wildman–Crippen MR) is 60.1 cm³/mol. The summed E-state index contributed by atoms with van der Waals surface area (Å²) in [4.78, 5) is 24.1. The fraction of sp³-hybridized carbons (Fsp3) is 0.500. The summed E-state index contributed by atoms with van der Waals surface area (Å²) in [6.07, 6.45) is 0.728. The van der Waals surface area contributed by atoms with E-state index in [9.17, 15) is 9.59 Å². The third-order valence-electron chi connectivity index (χ3n) is 2.16. The topological polar surface area (TPSA) is 92.1 Å². The van der Waals surface area contributed by atoms with Crippen molar-refractivity contribution >= 4 is 5.91 Å². The molecule has 1 rings (SSSR count). The van der Waals surface area contributed by atoms with E-state index >= 15 is 0 Å². The molecule has 1 heterocycles. The van der Waals surface area contributed by atoms with Crippen molar-refractivity contribution in [3.8, 4) is 0 Å². The molecule has 6 nitrogen and oxygen atoms in total. The molecule has 1 unspecified atom stereocenters. The molecule has 0 aliphatic rings. The standard InChI is InChI=1S/C10H16N4O2/c1-7(11)5-6-14(2)10(16)8-3-4-9(15)13-12-8/h3-4,7H,5-6,11H2,1-2H3,(H,13,15). The Labute approximate surface area is 93.5 Å². The van der Waals surface area contributed by atoms with Crippen molar-refractivity contribution in [1.29, 1.82) is 0 Å². The molecular formula is C10H16N4O2. The largest absolute Gasteiger partial charge is 0.340 e. The molecule has 0 spiro atoms. The Hall–Kier alpha value is -1.69. The van der Waals surface area contributed by atoms with Crippen molar-refractivity contribution in [2.45, 2.75) is 19.4 Å². The normalized spacial score (nSPS) is 12.2. The summed E-state index contributed by atoms with van der Waals surface area (Å²) in [6.45, 7) is 2.45. The molecule has 0 radical (unpaired) electrons. The zero-order valence-corrected chi connectivity index (χ0v) is 9.43. The second-order valence-electron chi connectivity index (χ2n) is 3.80. The highest BCUT2D eigenvalue weighted by Crippen LogP contribution is 1.98. The number of rotatable bonds is 4. The average molecular weight is 224 g/mol. The lowest BCUT2D eigenvalue weighted by molar-refractivity contribution is 0.0785. The summed E-state index contributed by atoms with van der Waals surface area (Å²) in [5.74, 6) is -0.225. The lowest BCUT2D eigenvalue weighted by atomic mass is 10.2. The van der Waals surface area contributed by atoms with Gasteiger partial charge in [-0.05, 0) is 19.4 Å². The Morgan fingerprint density at radius 2 is 2.31 bits per heavy atom. The van der Waals surface area contributed by atoms with Crippen LogP contribution in [0.2, 0.25) is 0 Å². The van der Waals surface area contributed by atoms with Crippen LogP contribution in [0.5, 0.6) is 0 Å². The van der Waals surface area contributed by atoms with Crippen LogP contribution in [0.1, 0.15) is 23.8 Å². The van der Waals surface area contributed by atoms with Gasteiger partial charge in [0.1, 0.15) is 5.69 Å². The molecular weight excluding hydrogens is 208 g/mol. The number of hydrogen-bond acceptors (Lipinski definition) is 4. The van der Waals surface area contributed by atoms with E-state index in [2.05, 4.69) is 10.2 Å². The van der Waals surface area contributed by atoms with E-state index in [1.807, 2.05) is 6.92 Å². The van der Waals surface area contributed by atoms with Gasteiger partial charge in [0.05, 0.1) is 0 Å². The Morgan fingerprint density at radius 3 is 2.81 bits per heavy atom. The zero-order chi connectivity index (χ0) is 12.1. The molecule has 0 aliphatic heterocycles. The molecule has 0 aromatic carbocycles. The van der Waals surface area contributed by atoms with Gasteiger partial charge in [0.15, 0.2) is 0 Å². The van der Waals surface area contributed by atoms with E-state index in [-0.39, 0.29) is 23.2 Å². The van der Waals surface area contributed by atoms with Gasteiger partial charge < -0.3 is 10.6 Å². The summed E-state index contributed by atoms with van der Waals surface area (Å²) in [5.41, 5.74) is 5.50. The minimum atomic E-state index is -0.324. The monoisotopic (exact) mass is 224 g/mol. The molecule has 0 aliphatic carbocycles. The van der Waals surface area contributed by atoms with Crippen LogP contribution in [0.4, 0.5) is 0 Å². The van der Waals surface area contributed by atoms with E-state index in [1.54, 1.807) is 7.05 Å². The first-order chi connectivity index (χ1) is 7.50.